The third-order valence-electron chi connectivity index (χ3n) is 5.71. The van der Waals surface area contributed by atoms with E-state index in [1.807, 2.05) is 0 Å². The number of amides is 2. The number of alkyl halides is 3. The van der Waals surface area contributed by atoms with Crippen molar-refractivity contribution in [2.75, 3.05) is 5.32 Å². The first kappa shape index (κ1) is 25.9. The van der Waals surface area contributed by atoms with E-state index in [2.05, 4.69) is 15.8 Å². The molecule has 4 rings (SSSR count). The third-order valence-corrected chi connectivity index (χ3v) is 6.03. The van der Waals surface area contributed by atoms with Crippen LogP contribution in [0.15, 0.2) is 52.0 Å². The lowest BCUT2D eigenvalue weighted by molar-refractivity contribution is -0.384. The Morgan fingerprint density at radius 1 is 1.14 bits per heavy atom. The molecule has 1 aromatic heterocycles. The van der Waals surface area contributed by atoms with Crippen molar-refractivity contribution in [1.82, 2.24) is 5.43 Å². The Bertz CT molecular complexity index is 1450. The Morgan fingerprint density at radius 2 is 1.86 bits per heavy atom. The summed E-state index contributed by atoms with van der Waals surface area (Å²) in [6.45, 7) is 1.57. The van der Waals surface area contributed by atoms with Crippen LogP contribution in [0.1, 0.15) is 56.2 Å². The highest BCUT2D eigenvalue weighted by Crippen LogP contribution is 2.36. The molecule has 0 atom stereocenters. The fourth-order valence-electron chi connectivity index (χ4n) is 3.99. The van der Waals surface area contributed by atoms with Crippen LogP contribution in [0.3, 0.4) is 0 Å². The van der Waals surface area contributed by atoms with E-state index in [0.29, 0.717) is 41.9 Å². The van der Waals surface area contributed by atoms with Gasteiger partial charge in [-0.15, -0.1) is 0 Å². The summed E-state index contributed by atoms with van der Waals surface area (Å²) in [4.78, 5) is 35.8. The number of nitrogens with zero attached hydrogens (tertiary/aromatic N) is 2. The number of hydrazone groups is 1. The first-order valence-electron chi connectivity index (χ1n) is 10.9. The van der Waals surface area contributed by atoms with Gasteiger partial charge in [-0.1, -0.05) is 23.7 Å². The Hall–Kier alpha value is -4.19. The van der Waals surface area contributed by atoms with Crippen molar-refractivity contribution < 1.29 is 32.1 Å². The minimum Gasteiger partial charge on any atom is -0.455 e. The molecular formula is C24H18ClF3N4O5. The number of aryl methyl sites for hydroxylation is 1. The van der Waals surface area contributed by atoms with E-state index in [1.54, 1.807) is 6.92 Å². The molecule has 13 heteroatoms. The van der Waals surface area contributed by atoms with E-state index < -0.39 is 39.9 Å². The lowest BCUT2D eigenvalue weighted by Crippen LogP contribution is -2.22. The number of nitro groups is 1. The van der Waals surface area contributed by atoms with E-state index >= 15 is 0 Å². The van der Waals surface area contributed by atoms with Crippen LogP contribution in [0, 0.1) is 17.0 Å². The maximum atomic E-state index is 13.3. The van der Waals surface area contributed by atoms with Crippen LogP contribution >= 0.6 is 11.6 Å². The minimum absolute atomic E-state index is 0.0382. The number of carbonyl (C=O) groups excluding carboxylic acids is 2. The topological polar surface area (TPSA) is 127 Å². The summed E-state index contributed by atoms with van der Waals surface area (Å²) in [5.74, 6) is -1.34. The monoisotopic (exact) mass is 534 g/mol. The van der Waals surface area contributed by atoms with Gasteiger partial charge in [-0.2, -0.15) is 18.3 Å². The van der Waals surface area contributed by atoms with Gasteiger partial charge >= 0.3 is 6.18 Å². The molecule has 0 unspecified atom stereocenters. The number of hydrogen-bond donors (Lipinski definition) is 2. The average molecular weight is 535 g/mol. The number of furan rings is 1. The van der Waals surface area contributed by atoms with Gasteiger partial charge in [0.25, 0.3) is 17.5 Å². The maximum absolute atomic E-state index is 13.3. The van der Waals surface area contributed by atoms with Crippen molar-refractivity contribution in [3.63, 3.8) is 0 Å². The second-order valence-corrected chi connectivity index (χ2v) is 8.54. The summed E-state index contributed by atoms with van der Waals surface area (Å²) in [6, 6.07) is 8.14. The van der Waals surface area contributed by atoms with Crippen molar-refractivity contribution >= 4 is 40.5 Å². The number of rotatable bonds is 5. The molecule has 2 aromatic carbocycles. The number of para-hydroxylation sites is 1. The van der Waals surface area contributed by atoms with Crippen molar-refractivity contribution in [3.8, 4) is 0 Å². The van der Waals surface area contributed by atoms with E-state index in [9.17, 15) is 32.9 Å². The standard InChI is InChI=1S/C24H18ClF3N4O5/c1-12-20-17(30-31-22(33)13-9-10-15(25)18(11-13)32(35)36)7-4-8-19(20)37-21(12)23(34)29-16-6-3-2-5-14(16)24(26,27)28/h2-3,5-6,9-11H,4,7-8H2,1H3,(H,29,34)(H,31,33)/b30-17+. The number of anilines is 1. The van der Waals surface area contributed by atoms with Crippen molar-refractivity contribution in [3.05, 3.63) is 91.4 Å². The summed E-state index contributed by atoms with van der Waals surface area (Å²) in [5, 5.41) is 17.4. The number of fused-ring (bicyclic) bond motifs is 1. The normalized spacial score (nSPS) is 14.2. The van der Waals surface area contributed by atoms with Gasteiger partial charge in [0.1, 0.15) is 10.8 Å². The summed E-state index contributed by atoms with van der Waals surface area (Å²) in [6.07, 6.45) is -3.20. The largest absolute Gasteiger partial charge is 0.455 e. The third kappa shape index (κ3) is 5.33. The van der Waals surface area contributed by atoms with Gasteiger partial charge in [0.05, 0.1) is 21.9 Å². The predicted octanol–water partition coefficient (Wildman–Crippen LogP) is 5.89. The molecular weight excluding hydrogens is 517 g/mol. The predicted molar refractivity (Wildman–Crippen MR) is 128 cm³/mol. The molecule has 192 valence electrons. The number of hydrogen-bond acceptors (Lipinski definition) is 6. The van der Waals surface area contributed by atoms with Crippen LogP contribution < -0.4 is 10.7 Å². The van der Waals surface area contributed by atoms with E-state index in [-0.39, 0.29) is 16.3 Å². The molecule has 2 N–H and O–H groups in total. The molecule has 0 saturated carbocycles. The molecule has 0 saturated heterocycles. The molecule has 9 nitrogen and oxygen atoms in total. The number of nitrogens with one attached hydrogen (secondary N) is 2. The molecule has 1 aliphatic carbocycles. The second-order valence-electron chi connectivity index (χ2n) is 8.13. The first-order chi connectivity index (χ1) is 17.5. The summed E-state index contributed by atoms with van der Waals surface area (Å²) in [5.41, 5.74) is 1.69. The Labute approximate surface area is 212 Å². The minimum atomic E-state index is -4.66. The Kier molecular flexibility index (Phi) is 7.03. The summed E-state index contributed by atoms with van der Waals surface area (Å²) < 4.78 is 45.6. The number of benzene rings is 2. The molecule has 0 bridgehead atoms. The summed E-state index contributed by atoms with van der Waals surface area (Å²) in [7, 11) is 0. The molecule has 0 radical (unpaired) electrons. The molecule has 0 spiro atoms. The lowest BCUT2D eigenvalue weighted by Gasteiger charge is -2.13. The van der Waals surface area contributed by atoms with Gasteiger partial charge < -0.3 is 9.73 Å². The van der Waals surface area contributed by atoms with Crippen LogP contribution in [-0.2, 0) is 12.6 Å². The summed E-state index contributed by atoms with van der Waals surface area (Å²) >= 11 is 5.78. The van der Waals surface area contributed by atoms with Crippen molar-refractivity contribution in [1.29, 1.82) is 0 Å². The molecule has 3 aromatic rings. The number of carbonyl (C=O) groups is 2. The fraction of sp³-hybridized carbons (Fsp3) is 0.208. The van der Waals surface area contributed by atoms with E-state index in [0.717, 1.165) is 18.2 Å². The van der Waals surface area contributed by atoms with Crippen LogP contribution in [0.4, 0.5) is 24.5 Å². The van der Waals surface area contributed by atoms with Crippen LogP contribution in [0.25, 0.3) is 0 Å². The van der Waals surface area contributed by atoms with Gasteiger partial charge in [-0.05, 0) is 44.0 Å². The van der Waals surface area contributed by atoms with Crippen LogP contribution in [0.5, 0.6) is 0 Å². The van der Waals surface area contributed by atoms with Gasteiger partial charge in [0.15, 0.2) is 5.76 Å². The van der Waals surface area contributed by atoms with Crippen LogP contribution in [-0.4, -0.2) is 22.4 Å². The highest BCUT2D eigenvalue weighted by Gasteiger charge is 2.34. The Balaban J connectivity index is 1.59. The maximum Gasteiger partial charge on any atom is 0.418 e. The highest BCUT2D eigenvalue weighted by atomic mass is 35.5. The van der Waals surface area contributed by atoms with Crippen molar-refractivity contribution in [2.24, 2.45) is 5.10 Å². The first-order valence-corrected chi connectivity index (χ1v) is 11.3. The Morgan fingerprint density at radius 3 is 2.57 bits per heavy atom. The zero-order valence-electron chi connectivity index (χ0n) is 19.1. The van der Waals surface area contributed by atoms with Crippen LogP contribution in [0.2, 0.25) is 5.02 Å². The lowest BCUT2D eigenvalue weighted by atomic mass is 9.93. The zero-order valence-corrected chi connectivity index (χ0v) is 19.9. The van der Waals surface area contributed by atoms with Gasteiger partial charge in [0, 0.05) is 29.2 Å². The van der Waals surface area contributed by atoms with E-state index in [1.165, 1.54) is 24.3 Å². The highest BCUT2D eigenvalue weighted by molar-refractivity contribution is 6.32. The number of halogens is 4. The molecule has 1 aliphatic rings. The molecule has 0 aliphatic heterocycles. The second kappa shape index (κ2) is 10.1. The van der Waals surface area contributed by atoms with E-state index in [4.69, 9.17) is 16.0 Å². The smallest absolute Gasteiger partial charge is 0.418 e. The van der Waals surface area contributed by atoms with Gasteiger partial charge in [-0.25, -0.2) is 5.43 Å². The fourth-order valence-corrected chi connectivity index (χ4v) is 4.18. The average Bonchev–Trinajstić information content (AvgIpc) is 3.19. The zero-order chi connectivity index (χ0) is 26.9. The van der Waals surface area contributed by atoms with Crippen molar-refractivity contribution in [2.45, 2.75) is 32.4 Å². The SMILES string of the molecule is Cc1c(C(=O)Nc2ccccc2C(F)(F)F)oc2c1/C(=N/NC(=O)c1ccc(Cl)c([N+](=O)[O-])c1)CCC2. The molecule has 1 heterocycles. The number of nitro benzene ring substituents is 1. The molecule has 0 fully saturated rings. The van der Waals surface area contributed by atoms with Gasteiger partial charge in [0.2, 0.25) is 0 Å². The van der Waals surface area contributed by atoms with Gasteiger partial charge in [-0.3, -0.25) is 19.7 Å². The quantitative estimate of drug-likeness (QED) is 0.311. The molecule has 2 amide bonds. The molecule has 37 heavy (non-hydrogen) atoms.